The zero-order valence-electron chi connectivity index (χ0n) is 15.0. The van der Waals surface area contributed by atoms with Gasteiger partial charge in [-0.15, -0.1) is 0 Å². The SMILES string of the molecule is CN(Cc1cccnc1)C(=O)[C@H]1CCCCN1C(=O)OC(C)(C)C. The second-order valence-electron chi connectivity index (χ2n) is 7.24. The van der Waals surface area contributed by atoms with E-state index in [4.69, 9.17) is 4.74 Å². The number of nitrogens with zero attached hydrogens (tertiary/aromatic N) is 3. The number of likely N-dealkylation sites (N-methyl/N-ethyl adjacent to an activating group) is 1. The maximum absolute atomic E-state index is 12.8. The van der Waals surface area contributed by atoms with E-state index in [0.29, 0.717) is 19.5 Å². The lowest BCUT2D eigenvalue weighted by Gasteiger charge is -2.37. The number of amides is 2. The summed E-state index contributed by atoms with van der Waals surface area (Å²) in [6, 6.07) is 3.33. The van der Waals surface area contributed by atoms with Crippen LogP contribution in [0.25, 0.3) is 0 Å². The molecule has 0 spiro atoms. The van der Waals surface area contributed by atoms with Gasteiger partial charge in [0.05, 0.1) is 0 Å². The maximum atomic E-state index is 12.8. The van der Waals surface area contributed by atoms with Crippen molar-refractivity contribution in [3.63, 3.8) is 0 Å². The Kier molecular flexibility index (Phi) is 5.80. The molecule has 2 heterocycles. The lowest BCUT2D eigenvalue weighted by atomic mass is 10.0. The summed E-state index contributed by atoms with van der Waals surface area (Å²) in [4.78, 5) is 32.6. The minimum Gasteiger partial charge on any atom is -0.444 e. The minimum absolute atomic E-state index is 0.0515. The van der Waals surface area contributed by atoms with Crippen molar-refractivity contribution in [2.45, 2.75) is 58.2 Å². The van der Waals surface area contributed by atoms with Gasteiger partial charge in [-0.3, -0.25) is 14.7 Å². The number of aromatic nitrogens is 1. The fraction of sp³-hybridized carbons (Fsp3) is 0.611. The van der Waals surface area contributed by atoms with E-state index in [9.17, 15) is 9.59 Å². The van der Waals surface area contributed by atoms with Gasteiger partial charge in [0, 0.05) is 32.5 Å². The maximum Gasteiger partial charge on any atom is 0.410 e. The van der Waals surface area contributed by atoms with Crippen LogP contribution in [0.2, 0.25) is 0 Å². The molecule has 1 saturated heterocycles. The smallest absolute Gasteiger partial charge is 0.410 e. The van der Waals surface area contributed by atoms with Crippen LogP contribution in [-0.2, 0) is 16.1 Å². The fourth-order valence-corrected chi connectivity index (χ4v) is 2.83. The van der Waals surface area contributed by atoms with Gasteiger partial charge in [-0.2, -0.15) is 0 Å². The fourth-order valence-electron chi connectivity index (χ4n) is 2.83. The summed E-state index contributed by atoms with van der Waals surface area (Å²) in [6.45, 7) is 6.54. The summed E-state index contributed by atoms with van der Waals surface area (Å²) in [6.07, 6.45) is 5.56. The molecule has 1 aromatic rings. The molecule has 0 N–H and O–H groups in total. The van der Waals surface area contributed by atoms with E-state index < -0.39 is 17.7 Å². The molecule has 0 radical (unpaired) electrons. The van der Waals surface area contributed by atoms with Crippen LogP contribution in [0.15, 0.2) is 24.5 Å². The molecule has 1 aliphatic rings. The van der Waals surface area contributed by atoms with Crippen molar-refractivity contribution in [1.29, 1.82) is 0 Å². The summed E-state index contributed by atoms with van der Waals surface area (Å²) in [5.74, 6) is -0.0515. The van der Waals surface area contributed by atoms with Gasteiger partial charge in [0.15, 0.2) is 0 Å². The van der Waals surface area contributed by atoms with E-state index >= 15 is 0 Å². The number of ether oxygens (including phenoxy) is 1. The van der Waals surface area contributed by atoms with E-state index in [0.717, 1.165) is 18.4 Å². The standard InChI is InChI=1S/C18H27N3O3/c1-18(2,3)24-17(23)21-11-6-5-9-15(21)16(22)20(4)13-14-8-7-10-19-12-14/h7-8,10,12,15H,5-6,9,11,13H2,1-4H3/t15-/m1/s1. The van der Waals surface area contributed by atoms with Crippen LogP contribution in [0.1, 0.15) is 45.6 Å². The highest BCUT2D eigenvalue weighted by atomic mass is 16.6. The van der Waals surface area contributed by atoms with Gasteiger partial charge < -0.3 is 9.64 Å². The molecule has 2 rings (SSSR count). The quantitative estimate of drug-likeness (QED) is 0.853. The molecule has 1 aromatic heterocycles. The molecule has 6 heteroatoms. The average molecular weight is 333 g/mol. The van der Waals surface area contributed by atoms with Crippen molar-refractivity contribution in [3.8, 4) is 0 Å². The number of carbonyl (C=O) groups is 2. The Morgan fingerprint density at radius 1 is 1.38 bits per heavy atom. The zero-order valence-corrected chi connectivity index (χ0v) is 15.0. The second kappa shape index (κ2) is 7.64. The predicted molar refractivity (Wildman–Crippen MR) is 91.3 cm³/mol. The highest BCUT2D eigenvalue weighted by molar-refractivity contribution is 5.85. The van der Waals surface area contributed by atoms with Crippen LogP contribution in [-0.4, -0.2) is 52.0 Å². The van der Waals surface area contributed by atoms with Crippen molar-refractivity contribution in [1.82, 2.24) is 14.8 Å². The molecule has 0 unspecified atom stereocenters. The Morgan fingerprint density at radius 3 is 2.75 bits per heavy atom. The van der Waals surface area contributed by atoms with Crippen molar-refractivity contribution in [2.24, 2.45) is 0 Å². The van der Waals surface area contributed by atoms with Crippen LogP contribution in [0, 0.1) is 0 Å². The lowest BCUT2D eigenvalue weighted by Crippen LogP contribution is -2.53. The van der Waals surface area contributed by atoms with Crippen LogP contribution in [0.3, 0.4) is 0 Å². The molecule has 0 saturated carbocycles. The molecule has 2 amide bonds. The third-order valence-corrected chi connectivity index (χ3v) is 3.93. The van der Waals surface area contributed by atoms with E-state index in [1.54, 1.807) is 29.2 Å². The van der Waals surface area contributed by atoms with Gasteiger partial charge in [-0.05, 0) is 51.7 Å². The molecule has 1 aliphatic heterocycles. The van der Waals surface area contributed by atoms with Gasteiger partial charge in [0.25, 0.3) is 0 Å². The summed E-state index contributed by atoms with van der Waals surface area (Å²) in [7, 11) is 1.76. The summed E-state index contributed by atoms with van der Waals surface area (Å²) < 4.78 is 5.46. The highest BCUT2D eigenvalue weighted by Gasteiger charge is 2.36. The van der Waals surface area contributed by atoms with Gasteiger partial charge >= 0.3 is 6.09 Å². The first-order chi connectivity index (χ1) is 11.3. The van der Waals surface area contributed by atoms with Gasteiger partial charge in [0.2, 0.25) is 5.91 Å². The average Bonchev–Trinajstić information content (AvgIpc) is 2.53. The zero-order chi connectivity index (χ0) is 17.7. The van der Waals surface area contributed by atoms with Gasteiger partial charge in [0.1, 0.15) is 11.6 Å². The molecular formula is C18H27N3O3. The Hall–Kier alpha value is -2.11. The van der Waals surface area contributed by atoms with Crippen molar-refractivity contribution < 1.29 is 14.3 Å². The number of pyridine rings is 1. The summed E-state index contributed by atoms with van der Waals surface area (Å²) in [5, 5.41) is 0. The Morgan fingerprint density at radius 2 is 2.12 bits per heavy atom. The first kappa shape index (κ1) is 18.2. The van der Waals surface area contributed by atoms with E-state index in [1.807, 2.05) is 32.9 Å². The first-order valence-corrected chi connectivity index (χ1v) is 8.41. The Balaban J connectivity index is 2.05. The van der Waals surface area contributed by atoms with Crippen molar-refractivity contribution in [2.75, 3.05) is 13.6 Å². The Bertz CT molecular complexity index is 569. The third-order valence-electron chi connectivity index (χ3n) is 3.93. The van der Waals surface area contributed by atoms with E-state index in [-0.39, 0.29) is 5.91 Å². The minimum atomic E-state index is -0.566. The monoisotopic (exact) mass is 333 g/mol. The molecular weight excluding hydrogens is 306 g/mol. The molecule has 0 aliphatic carbocycles. The normalized spacial score (nSPS) is 18.2. The molecule has 6 nitrogen and oxygen atoms in total. The number of rotatable bonds is 3. The topological polar surface area (TPSA) is 62.7 Å². The molecule has 0 bridgehead atoms. The van der Waals surface area contributed by atoms with Crippen LogP contribution >= 0.6 is 0 Å². The van der Waals surface area contributed by atoms with Gasteiger partial charge in [-0.25, -0.2) is 4.79 Å². The van der Waals surface area contributed by atoms with E-state index in [2.05, 4.69) is 4.98 Å². The molecule has 1 atom stereocenters. The van der Waals surface area contributed by atoms with Gasteiger partial charge in [-0.1, -0.05) is 6.07 Å². The number of hydrogen-bond donors (Lipinski definition) is 0. The molecule has 0 aromatic carbocycles. The van der Waals surface area contributed by atoms with Crippen LogP contribution in [0.4, 0.5) is 4.79 Å². The number of hydrogen-bond acceptors (Lipinski definition) is 4. The van der Waals surface area contributed by atoms with Crippen molar-refractivity contribution in [3.05, 3.63) is 30.1 Å². The van der Waals surface area contributed by atoms with E-state index in [1.165, 1.54) is 0 Å². The number of carbonyl (C=O) groups excluding carboxylic acids is 2. The third kappa shape index (κ3) is 4.94. The second-order valence-corrected chi connectivity index (χ2v) is 7.24. The number of piperidine rings is 1. The Labute approximate surface area is 143 Å². The largest absolute Gasteiger partial charge is 0.444 e. The molecule has 24 heavy (non-hydrogen) atoms. The lowest BCUT2D eigenvalue weighted by molar-refractivity contribution is -0.137. The van der Waals surface area contributed by atoms with Crippen LogP contribution in [0.5, 0.6) is 0 Å². The van der Waals surface area contributed by atoms with Crippen molar-refractivity contribution >= 4 is 12.0 Å². The van der Waals surface area contributed by atoms with Crippen LogP contribution < -0.4 is 0 Å². The number of likely N-dealkylation sites (tertiary alicyclic amines) is 1. The summed E-state index contributed by atoms with van der Waals surface area (Å²) in [5.41, 5.74) is 0.400. The molecule has 132 valence electrons. The molecule has 1 fully saturated rings. The predicted octanol–water partition coefficient (Wildman–Crippen LogP) is 2.83. The summed E-state index contributed by atoms with van der Waals surface area (Å²) >= 11 is 0. The highest BCUT2D eigenvalue weighted by Crippen LogP contribution is 2.22. The first-order valence-electron chi connectivity index (χ1n) is 8.41.